The molecule has 0 radical (unpaired) electrons. The number of rotatable bonds is 4. The number of phenols is 1. The third-order valence-electron chi connectivity index (χ3n) is 3.57. The van der Waals surface area contributed by atoms with Crippen molar-refractivity contribution in [3.63, 3.8) is 0 Å². The Labute approximate surface area is 166 Å². The van der Waals surface area contributed by atoms with E-state index in [-0.39, 0.29) is 32.9 Å². The van der Waals surface area contributed by atoms with Crippen molar-refractivity contribution in [3.8, 4) is 11.6 Å². The number of benzene rings is 2. The molecule has 2 aromatic carbocycles. The van der Waals surface area contributed by atoms with Crippen LogP contribution in [-0.2, 0) is 10.1 Å². The molecule has 29 heavy (non-hydrogen) atoms. The normalized spacial score (nSPS) is 12.0. The molecule has 0 fully saturated rings. The highest BCUT2D eigenvalue weighted by atomic mass is 35.5. The number of hydrogen-bond donors (Lipinski definition) is 2. The second-order valence-electron chi connectivity index (χ2n) is 5.66. The van der Waals surface area contributed by atoms with Crippen LogP contribution in [0.3, 0.4) is 0 Å². The van der Waals surface area contributed by atoms with Crippen LogP contribution < -0.4 is 9.50 Å². The maximum absolute atomic E-state index is 12.7. The lowest BCUT2D eigenvalue weighted by Gasteiger charge is -2.12. The lowest BCUT2D eigenvalue weighted by Crippen LogP contribution is -2.28. The van der Waals surface area contributed by atoms with Crippen molar-refractivity contribution in [2.45, 2.75) is 5.51 Å². The Morgan fingerprint density at radius 3 is 2.52 bits per heavy atom. The Kier molecular flexibility index (Phi) is 5.28. The number of pyridine rings is 1. The van der Waals surface area contributed by atoms with Gasteiger partial charge in [0.1, 0.15) is 5.75 Å². The molecule has 0 aliphatic carbocycles. The van der Waals surface area contributed by atoms with Crippen molar-refractivity contribution in [1.29, 1.82) is 0 Å². The predicted octanol–water partition coefficient (Wildman–Crippen LogP) is 4.07. The molecule has 7 nitrogen and oxygen atoms in total. The van der Waals surface area contributed by atoms with Gasteiger partial charge in [-0.1, -0.05) is 17.7 Å². The number of halogens is 4. The minimum Gasteiger partial charge on any atom is -0.508 e. The van der Waals surface area contributed by atoms with Crippen LogP contribution in [-0.4, -0.2) is 29.9 Å². The summed E-state index contributed by atoms with van der Waals surface area (Å²) in [4.78, 5) is 16.4. The first kappa shape index (κ1) is 20.7. The van der Waals surface area contributed by atoms with Crippen molar-refractivity contribution in [2.75, 3.05) is 5.32 Å². The summed E-state index contributed by atoms with van der Waals surface area (Å²) in [5.74, 6) is -1.90. The average Bonchev–Trinajstić information content (AvgIpc) is 2.60. The van der Waals surface area contributed by atoms with Gasteiger partial charge in [-0.2, -0.15) is 21.6 Å². The molecule has 1 amide bonds. The fourth-order valence-corrected chi connectivity index (χ4v) is 2.92. The van der Waals surface area contributed by atoms with Crippen molar-refractivity contribution >= 4 is 44.2 Å². The fraction of sp³-hybridized carbons (Fsp3) is 0.0588. The third kappa shape index (κ3) is 4.51. The van der Waals surface area contributed by atoms with E-state index in [1.165, 1.54) is 42.5 Å². The summed E-state index contributed by atoms with van der Waals surface area (Å²) in [5.41, 5.74) is -5.75. The van der Waals surface area contributed by atoms with Gasteiger partial charge in [-0.25, -0.2) is 4.98 Å². The van der Waals surface area contributed by atoms with E-state index in [4.69, 9.17) is 11.6 Å². The average molecular weight is 447 g/mol. The number of alkyl halides is 3. The Morgan fingerprint density at radius 1 is 1.14 bits per heavy atom. The van der Waals surface area contributed by atoms with Gasteiger partial charge in [0.25, 0.3) is 5.91 Å². The number of aromatic nitrogens is 1. The first-order chi connectivity index (χ1) is 13.5. The van der Waals surface area contributed by atoms with Crippen LogP contribution in [0.25, 0.3) is 10.9 Å². The molecule has 12 heteroatoms. The topological polar surface area (TPSA) is 106 Å². The smallest absolute Gasteiger partial charge is 0.508 e. The van der Waals surface area contributed by atoms with E-state index in [0.717, 1.165) is 6.07 Å². The molecule has 1 heterocycles. The van der Waals surface area contributed by atoms with E-state index in [2.05, 4.69) is 14.5 Å². The van der Waals surface area contributed by atoms with E-state index in [1.54, 1.807) is 0 Å². The molecule has 0 saturated carbocycles. The third-order valence-corrected chi connectivity index (χ3v) is 4.77. The molecule has 3 aromatic rings. The zero-order valence-corrected chi connectivity index (χ0v) is 15.6. The molecule has 0 saturated heterocycles. The summed E-state index contributed by atoms with van der Waals surface area (Å²) in [6.07, 6.45) is 0. The van der Waals surface area contributed by atoms with Gasteiger partial charge in [0.05, 0.1) is 11.1 Å². The number of aromatic hydroxyl groups is 1. The molecular weight excluding hydrogens is 437 g/mol. The molecule has 0 atom stereocenters. The lowest BCUT2D eigenvalue weighted by molar-refractivity contribution is -0.0501. The second-order valence-corrected chi connectivity index (χ2v) is 7.63. The van der Waals surface area contributed by atoms with Crippen LogP contribution in [0.5, 0.6) is 11.6 Å². The number of anilines is 1. The van der Waals surface area contributed by atoms with Crippen LogP contribution in [0.15, 0.2) is 48.5 Å². The van der Waals surface area contributed by atoms with Crippen molar-refractivity contribution in [2.24, 2.45) is 0 Å². The van der Waals surface area contributed by atoms with Gasteiger partial charge in [-0.15, -0.1) is 0 Å². The molecule has 0 spiro atoms. The molecule has 0 aliphatic rings. The molecule has 0 unspecified atom stereocenters. The largest absolute Gasteiger partial charge is 0.534 e. The Hall–Kier alpha value is -3.05. The van der Waals surface area contributed by atoms with E-state index in [9.17, 15) is 31.5 Å². The zero-order valence-electron chi connectivity index (χ0n) is 14.1. The number of hydrogen-bond acceptors (Lipinski definition) is 6. The molecule has 1 aromatic heterocycles. The number of carbonyl (C=O) groups excluding carboxylic acids is 1. The highest BCUT2D eigenvalue weighted by Crippen LogP contribution is 2.30. The fourth-order valence-electron chi connectivity index (χ4n) is 2.35. The van der Waals surface area contributed by atoms with Crippen LogP contribution in [0.4, 0.5) is 18.9 Å². The van der Waals surface area contributed by atoms with Crippen LogP contribution in [0.1, 0.15) is 10.4 Å². The van der Waals surface area contributed by atoms with E-state index in [1.807, 2.05) is 0 Å². The summed E-state index contributed by atoms with van der Waals surface area (Å²) in [6.45, 7) is 0. The van der Waals surface area contributed by atoms with E-state index < -0.39 is 27.4 Å². The SMILES string of the molecule is O=C(Nc1cccc(O)c1)c1cc(OS(=O)(=O)C(F)(F)F)nc2ccc(Cl)cc12. The Balaban J connectivity index is 2.09. The number of fused-ring (bicyclic) bond motifs is 1. The molecule has 152 valence electrons. The quantitative estimate of drug-likeness (QED) is 0.462. The van der Waals surface area contributed by atoms with Crippen LogP contribution in [0, 0.1) is 0 Å². The molecule has 0 aliphatic heterocycles. The van der Waals surface area contributed by atoms with Crippen molar-refractivity contribution in [1.82, 2.24) is 4.98 Å². The van der Waals surface area contributed by atoms with Gasteiger partial charge in [0, 0.05) is 28.2 Å². The minimum absolute atomic E-state index is 0.0228. The number of nitrogens with zero attached hydrogens (tertiary/aromatic N) is 1. The summed E-state index contributed by atoms with van der Waals surface area (Å²) < 4.78 is 64.4. The van der Waals surface area contributed by atoms with Gasteiger partial charge >= 0.3 is 15.6 Å². The zero-order chi connectivity index (χ0) is 21.4. The molecular formula is C17H10ClF3N2O5S. The Morgan fingerprint density at radius 2 is 1.86 bits per heavy atom. The maximum Gasteiger partial charge on any atom is 0.534 e. The lowest BCUT2D eigenvalue weighted by atomic mass is 10.1. The van der Waals surface area contributed by atoms with Crippen molar-refractivity contribution in [3.05, 3.63) is 59.1 Å². The van der Waals surface area contributed by atoms with E-state index >= 15 is 0 Å². The predicted molar refractivity (Wildman–Crippen MR) is 98.4 cm³/mol. The number of amides is 1. The van der Waals surface area contributed by atoms with Gasteiger partial charge in [0.2, 0.25) is 5.88 Å². The summed E-state index contributed by atoms with van der Waals surface area (Å²) in [6, 6.07) is 10.2. The van der Waals surface area contributed by atoms with E-state index in [0.29, 0.717) is 0 Å². The first-order valence-corrected chi connectivity index (χ1v) is 9.46. The molecule has 3 rings (SSSR count). The van der Waals surface area contributed by atoms with Crippen molar-refractivity contribution < 1.29 is 35.7 Å². The highest BCUT2D eigenvalue weighted by Gasteiger charge is 2.49. The van der Waals surface area contributed by atoms with Crippen LogP contribution >= 0.6 is 11.6 Å². The number of phenolic OH excluding ortho intramolecular Hbond substituents is 1. The molecule has 2 N–H and O–H groups in total. The highest BCUT2D eigenvalue weighted by molar-refractivity contribution is 7.87. The maximum atomic E-state index is 12.7. The summed E-state index contributed by atoms with van der Waals surface area (Å²) in [7, 11) is -5.99. The van der Waals surface area contributed by atoms with Crippen LogP contribution in [0.2, 0.25) is 5.02 Å². The summed E-state index contributed by atoms with van der Waals surface area (Å²) in [5, 5.41) is 12.3. The standard InChI is InChI=1S/C17H10ClF3N2O5S/c18-9-4-5-14-12(6-9)13(16(25)22-10-2-1-3-11(24)7-10)8-15(23-14)28-29(26,27)17(19,20)21/h1-8,24H,(H,22,25). The van der Waals surface area contributed by atoms with Gasteiger partial charge in [-0.05, 0) is 30.3 Å². The second kappa shape index (κ2) is 7.41. The minimum atomic E-state index is -5.99. The molecule has 0 bridgehead atoms. The number of carbonyl (C=O) groups is 1. The van der Waals surface area contributed by atoms with Gasteiger partial charge in [0.15, 0.2) is 0 Å². The monoisotopic (exact) mass is 446 g/mol. The summed E-state index contributed by atoms with van der Waals surface area (Å²) >= 11 is 5.91. The van der Waals surface area contributed by atoms with Gasteiger partial charge < -0.3 is 14.6 Å². The Bertz CT molecular complexity index is 1220. The number of nitrogens with one attached hydrogen (secondary N) is 1. The van der Waals surface area contributed by atoms with Gasteiger partial charge in [-0.3, -0.25) is 4.79 Å². The first-order valence-electron chi connectivity index (χ1n) is 7.68.